The van der Waals surface area contributed by atoms with Crippen LogP contribution in [0.1, 0.15) is 31.4 Å². The molecule has 1 aromatic carbocycles. The molecule has 174 valence electrons. The number of hydrogen-bond acceptors (Lipinski definition) is 4. The van der Waals surface area contributed by atoms with Crippen LogP contribution in [0.25, 0.3) is 0 Å². The van der Waals surface area contributed by atoms with Gasteiger partial charge in [0.1, 0.15) is 11.9 Å². The van der Waals surface area contributed by atoms with Crippen LogP contribution in [0.15, 0.2) is 29.3 Å². The molecule has 2 heterocycles. The van der Waals surface area contributed by atoms with Crippen molar-refractivity contribution in [2.45, 2.75) is 31.9 Å². The number of piperazine rings is 1. The molecule has 7 nitrogen and oxygen atoms in total. The molecular weight excluding hydrogens is 512 g/mol. The van der Waals surface area contributed by atoms with E-state index < -0.39 is 0 Å². The molecule has 2 aliphatic heterocycles. The highest BCUT2D eigenvalue weighted by Crippen LogP contribution is 2.20. The molecule has 1 amide bonds. The van der Waals surface area contributed by atoms with Gasteiger partial charge in [0.25, 0.3) is 5.91 Å². The second-order valence-corrected chi connectivity index (χ2v) is 8.04. The Morgan fingerprint density at radius 2 is 1.87 bits per heavy atom. The van der Waals surface area contributed by atoms with Crippen molar-refractivity contribution in [3.8, 4) is 0 Å². The first-order valence-electron chi connectivity index (χ1n) is 10.8. The van der Waals surface area contributed by atoms with Crippen molar-refractivity contribution in [3.05, 3.63) is 35.6 Å². The molecule has 0 saturated carbocycles. The van der Waals surface area contributed by atoms with E-state index in [-0.39, 0.29) is 47.8 Å². The van der Waals surface area contributed by atoms with E-state index >= 15 is 0 Å². The quantitative estimate of drug-likeness (QED) is 0.337. The fourth-order valence-electron chi connectivity index (χ4n) is 3.97. The SMILES string of the molecule is CCNC(=NCC(c1ccc(F)cc1)N(C)C)N1CCN(C(=O)C2CCCO2)CC1.I. The Kier molecular flexibility index (Phi) is 10.4. The maximum Gasteiger partial charge on any atom is 0.251 e. The van der Waals surface area contributed by atoms with E-state index in [0.717, 1.165) is 44.0 Å². The summed E-state index contributed by atoms with van der Waals surface area (Å²) in [6.45, 7) is 6.93. The average molecular weight is 547 g/mol. The number of carbonyl (C=O) groups excluding carboxylic acids is 1. The van der Waals surface area contributed by atoms with Crippen LogP contribution in [0, 0.1) is 5.82 Å². The zero-order valence-corrected chi connectivity index (χ0v) is 21.0. The van der Waals surface area contributed by atoms with Gasteiger partial charge >= 0.3 is 0 Å². The summed E-state index contributed by atoms with van der Waals surface area (Å²) < 4.78 is 18.9. The molecule has 2 fully saturated rings. The molecule has 3 rings (SSSR count). The highest BCUT2D eigenvalue weighted by Gasteiger charge is 2.31. The highest BCUT2D eigenvalue weighted by molar-refractivity contribution is 14.0. The first-order chi connectivity index (χ1) is 14.5. The summed E-state index contributed by atoms with van der Waals surface area (Å²) in [5.74, 6) is 0.747. The molecule has 1 N–H and O–H groups in total. The van der Waals surface area contributed by atoms with Crippen LogP contribution >= 0.6 is 24.0 Å². The molecule has 2 aliphatic rings. The van der Waals surface area contributed by atoms with E-state index in [2.05, 4.69) is 22.0 Å². The van der Waals surface area contributed by atoms with Crippen LogP contribution in [-0.2, 0) is 9.53 Å². The second kappa shape index (κ2) is 12.5. The minimum atomic E-state index is -0.255. The van der Waals surface area contributed by atoms with E-state index in [0.29, 0.717) is 26.2 Å². The summed E-state index contributed by atoms with van der Waals surface area (Å²) in [4.78, 5) is 23.7. The number of aliphatic imine (C=N–C) groups is 1. The Morgan fingerprint density at radius 1 is 1.23 bits per heavy atom. The van der Waals surface area contributed by atoms with Gasteiger partial charge in [-0.05, 0) is 51.6 Å². The second-order valence-electron chi connectivity index (χ2n) is 8.04. The minimum Gasteiger partial charge on any atom is -0.368 e. The average Bonchev–Trinajstić information content (AvgIpc) is 3.29. The summed E-state index contributed by atoms with van der Waals surface area (Å²) in [6, 6.07) is 6.67. The van der Waals surface area contributed by atoms with Crippen LogP contribution in [0.3, 0.4) is 0 Å². The first kappa shape index (κ1) is 25.8. The fraction of sp³-hybridized carbons (Fsp3) is 0.636. The van der Waals surface area contributed by atoms with Crippen LogP contribution in [0.5, 0.6) is 0 Å². The lowest BCUT2D eigenvalue weighted by molar-refractivity contribution is -0.142. The number of nitrogens with zero attached hydrogens (tertiary/aromatic N) is 4. The van der Waals surface area contributed by atoms with E-state index in [1.54, 1.807) is 0 Å². The maximum atomic E-state index is 13.3. The standard InChI is InChI=1S/C22H34FN5O2.HI/c1-4-24-22(25-16-19(26(2)3)17-7-9-18(23)10-8-17)28-13-11-27(12-14-28)21(29)20-6-5-15-30-20;/h7-10,19-20H,4-6,11-16H2,1-3H3,(H,24,25);1H. The first-order valence-corrected chi connectivity index (χ1v) is 10.8. The molecule has 9 heteroatoms. The van der Waals surface area contributed by atoms with Gasteiger partial charge in [0, 0.05) is 39.3 Å². The summed E-state index contributed by atoms with van der Waals surface area (Å²) in [7, 11) is 4.01. The Labute approximate surface area is 202 Å². The van der Waals surface area contributed by atoms with Crippen molar-refractivity contribution in [1.29, 1.82) is 0 Å². The van der Waals surface area contributed by atoms with Gasteiger partial charge in [-0.3, -0.25) is 9.79 Å². The van der Waals surface area contributed by atoms with Crippen molar-refractivity contribution < 1.29 is 13.9 Å². The molecule has 2 unspecified atom stereocenters. The number of hydrogen-bond donors (Lipinski definition) is 1. The number of benzene rings is 1. The number of nitrogens with one attached hydrogen (secondary N) is 1. The fourth-order valence-corrected chi connectivity index (χ4v) is 3.97. The Hall–Kier alpha value is -1.46. The van der Waals surface area contributed by atoms with Gasteiger partial charge in [-0.2, -0.15) is 0 Å². The van der Waals surface area contributed by atoms with Gasteiger partial charge in [-0.25, -0.2) is 4.39 Å². The monoisotopic (exact) mass is 547 g/mol. The molecule has 31 heavy (non-hydrogen) atoms. The normalized spacial score (nSPS) is 20.5. The predicted octanol–water partition coefficient (Wildman–Crippen LogP) is 2.34. The van der Waals surface area contributed by atoms with E-state index in [1.807, 2.05) is 31.1 Å². The largest absolute Gasteiger partial charge is 0.368 e. The molecular formula is C22H35FIN5O2. The molecule has 0 aromatic heterocycles. The lowest BCUT2D eigenvalue weighted by Crippen LogP contribution is -2.55. The van der Waals surface area contributed by atoms with Gasteiger partial charge in [-0.15, -0.1) is 24.0 Å². The van der Waals surface area contributed by atoms with Gasteiger partial charge in [0.15, 0.2) is 5.96 Å². The molecule has 2 saturated heterocycles. The molecule has 2 atom stereocenters. The molecule has 0 bridgehead atoms. The topological polar surface area (TPSA) is 60.4 Å². The van der Waals surface area contributed by atoms with Crippen molar-refractivity contribution in [1.82, 2.24) is 20.0 Å². The van der Waals surface area contributed by atoms with E-state index in [9.17, 15) is 9.18 Å². The Bertz CT molecular complexity index is 717. The third-order valence-electron chi connectivity index (χ3n) is 5.72. The number of carbonyl (C=O) groups is 1. The summed E-state index contributed by atoms with van der Waals surface area (Å²) >= 11 is 0. The number of guanidine groups is 1. The Morgan fingerprint density at radius 3 is 2.42 bits per heavy atom. The third kappa shape index (κ3) is 7.01. The van der Waals surface area contributed by atoms with Crippen LogP contribution < -0.4 is 5.32 Å². The third-order valence-corrected chi connectivity index (χ3v) is 5.72. The predicted molar refractivity (Wildman–Crippen MR) is 131 cm³/mol. The number of ether oxygens (including phenoxy) is 1. The van der Waals surface area contributed by atoms with Crippen LogP contribution in [0.4, 0.5) is 4.39 Å². The number of halogens is 2. The highest BCUT2D eigenvalue weighted by atomic mass is 127. The van der Waals surface area contributed by atoms with Crippen LogP contribution in [0.2, 0.25) is 0 Å². The van der Waals surface area contributed by atoms with Crippen molar-refractivity contribution in [2.24, 2.45) is 4.99 Å². The van der Waals surface area contributed by atoms with Gasteiger partial charge in [0.2, 0.25) is 0 Å². The van der Waals surface area contributed by atoms with Gasteiger partial charge in [0.05, 0.1) is 12.6 Å². The zero-order chi connectivity index (χ0) is 21.5. The maximum absolute atomic E-state index is 13.3. The molecule has 0 radical (unpaired) electrons. The molecule has 0 aliphatic carbocycles. The Balaban J connectivity index is 0.00000341. The lowest BCUT2D eigenvalue weighted by atomic mass is 10.1. The number of amides is 1. The number of rotatable bonds is 6. The minimum absolute atomic E-state index is 0. The van der Waals surface area contributed by atoms with E-state index in [4.69, 9.17) is 9.73 Å². The van der Waals surface area contributed by atoms with Gasteiger partial charge in [-0.1, -0.05) is 12.1 Å². The molecule has 1 aromatic rings. The van der Waals surface area contributed by atoms with Crippen molar-refractivity contribution in [3.63, 3.8) is 0 Å². The summed E-state index contributed by atoms with van der Waals surface area (Å²) in [5, 5.41) is 3.38. The summed E-state index contributed by atoms with van der Waals surface area (Å²) in [6.07, 6.45) is 1.54. The lowest BCUT2D eigenvalue weighted by Gasteiger charge is -2.37. The smallest absolute Gasteiger partial charge is 0.251 e. The summed E-state index contributed by atoms with van der Waals surface area (Å²) in [5.41, 5.74) is 1.04. The van der Waals surface area contributed by atoms with Crippen molar-refractivity contribution in [2.75, 3.05) is 60.0 Å². The number of likely N-dealkylation sites (N-methyl/N-ethyl adjacent to an activating group) is 1. The van der Waals surface area contributed by atoms with Crippen molar-refractivity contribution >= 4 is 35.8 Å². The van der Waals surface area contributed by atoms with Crippen LogP contribution in [-0.4, -0.2) is 92.6 Å². The van der Waals surface area contributed by atoms with Gasteiger partial charge < -0.3 is 24.8 Å². The van der Waals surface area contributed by atoms with E-state index in [1.165, 1.54) is 12.1 Å². The molecule has 0 spiro atoms. The zero-order valence-electron chi connectivity index (χ0n) is 18.7.